The molecule has 1 aliphatic rings. The monoisotopic (exact) mass is 179 g/mol. The number of carboxylic acids is 1. The smallest absolute Gasteiger partial charge is 0.320 e. The van der Waals surface area contributed by atoms with E-state index in [2.05, 4.69) is 6.92 Å². The standard InChI is InChI=1S/C7H13NO2.ClH/c1-5-3-6(7(9)10)8(2)4-5;/h5-6H,3-4H2,1-2H3,(H,9,10);1H/t5-,6-;/m1./s1. The Kier molecular flexibility index (Phi) is 3.83. The van der Waals surface area contributed by atoms with Gasteiger partial charge >= 0.3 is 5.97 Å². The van der Waals surface area contributed by atoms with Crippen LogP contribution >= 0.6 is 12.4 Å². The summed E-state index contributed by atoms with van der Waals surface area (Å²) in [5, 5.41) is 8.66. The zero-order valence-corrected chi connectivity index (χ0v) is 7.60. The van der Waals surface area contributed by atoms with E-state index in [1.54, 1.807) is 0 Å². The Morgan fingerprint density at radius 3 is 2.36 bits per heavy atom. The lowest BCUT2D eigenvalue weighted by molar-refractivity contribution is -0.141. The molecule has 0 amide bonds. The Balaban J connectivity index is 0.000001000. The quantitative estimate of drug-likeness (QED) is 0.649. The molecule has 1 fully saturated rings. The number of likely N-dealkylation sites (tertiary alicyclic amines) is 1. The minimum Gasteiger partial charge on any atom is -0.480 e. The maximum absolute atomic E-state index is 10.5. The van der Waals surface area contributed by atoms with Gasteiger partial charge in [-0.15, -0.1) is 12.4 Å². The average molecular weight is 180 g/mol. The average Bonchev–Trinajstić information content (AvgIpc) is 2.10. The van der Waals surface area contributed by atoms with Crippen LogP contribution in [0.4, 0.5) is 0 Å². The number of nitrogens with zero attached hydrogens (tertiary/aromatic N) is 1. The normalized spacial score (nSPS) is 31.5. The van der Waals surface area contributed by atoms with Crippen LogP contribution in [0.3, 0.4) is 0 Å². The van der Waals surface area contributed by atoms with Crippen LogP contribution in [0.15, 0.2) is 0 Å². The molecule has 1 rings (SSSR count). The van der Waals surface area contributed by atoms with E-state index in [0.717, 1.165) is 13.0 Å². The molecule has 1 saturated heterocycles. The molecule has 66 valence electrons. The first-order chi connectivity index (χ1) is 4.61. The third-order valence-electron chi connectivity index (χ3n) is 2.04. The van der Waals surface area contributed by atoms with Gasteiger partial charge in [0.1, 0.15) is 6.04 Å². The third-order valence-corrected chi connectivity index (χ3v) is 2.04. The van der Waals surface area contributed by atoms with E-state index in [4.69, 9.17) is 5.11 Å². The van der Waals surface area contributed by atoms with Crippen LogP contribution in [0.2, 0.25) is 0 Å². The highest BCUT2D eigenvalue weighted by Crippen LogP contribution is 2.20. The Bertz CT molecular complexity index is 151. The molecule has 0 aromatic heterocycles. The van der Waals surface area contributed by atoms with Crippen molar-refractivity contribution in [3.05, 3.63) is 0 Å². The van der Waals surface area contributed by atoms with E-state index in [0.29, 0.717) is 5.92 Å². The summed E-state index contributed by atoms with van der Waals surface area (Å²) in [6, 6.07) is -0.241. The second-order valence-corrected chi connectivity index (χ2v) is 3.13. The topological polar surface area (TPSA) is 40.5 Å². The molecule has 2 atom stereocenters. The van der Waals surface area contributed by atoms with E-state index in [1.807, 2.05) is 11.9 Å². The molecule has 0 radical (unpaired) electrons. The summed E-state index contributed by atoms with van der Waals surface area (Å²) in [5.41, 5.74) is 0. The molecule has 0 bridgehead atoms. The lowest BCUT2D eigenvalue weighted by Gasteiger charge is -2.13. The summed E-state index contributed by atoms with van der Waals surface area (Å²) in [6.07, 6.45) is 0.797. The molecular weight excluding hydrogens is 166 g/mol. The van der Waals surface area contributed by atoms with Crippen LogP contribution < -0.4 is 0 Å². The summed E-state index contributed by atoms with van der Waals surface area (Å²) >= 11 is 0. The Morgan fingerprint density at radius 2 is 2.18 bits per heavy atom. The minimum atomic E-state index is -0.688. The molecule has 0 aromatic rings. The molecule has 1 N–H and O–H groups in total. The van der Waals surface area contributed by atoms with Gasteiger partial charge in [-0.1, -0.05) is 6.92 Å². The number of carbonyl (C=O) groups is 1. The number of hydrogen-bond acceptors (Lipinski definition) is 2. The summed E-state index contributed by atoms with van der Waals surface area (Å²) in [6.45, 7) is 3.00. The third kappa shape index (κ3) is 2.34. The first kappa shape index (κ1) is 10.7. The van der Waals surface area contributed by atoms with Gasteiger partial charge in [-0.05, 0) is 19.4 Å². The highest BCUT2D eigenvalue weighted by atomic mass is 35.5. The molecule has 0 saturated carbocycles. The van der Waals surface area contributed by atoms with Crippen molar-refractivity contribution in [1.29, 1.82) is 0 Å². The van der Waals surface area contributed by atoms with Crippen molar-refractivity contribution in [2.45, 2.75) is 19.4 Å². The summed E-state index contributed by atoms with van der Waals surface area (Å²) in [5.74, 6) is -0.155. The zero-order valence-electron chi connectivity index (χ0n) is 6.78. The molecule has 0 aliphatic carbocycles. The number of halogens is 1. The second-order valence-electron chi connectivity index (χ2n) is 3.13. The molecule has 1 heterocycles. The summed E-state index contributed by atoms with van der Waals surface area (Å²) in [4.78, 5) is 12.4. The zero-order chi connectivity index (χ0) is 7.72. The van der Waals surface area contributed by atoms with Crippen molar-refractivity contribution >= 4 is 18.4 Å². The van der Waals surface area contributed by atoms with Crippen LogP contribution in [-0.2, 0) is 4.79 Å². The Hall–Kier alpha value is -0.280. The fraction of sp³-hybridized carbons (Fsp3) is 0.857. The van der Waals surface area contributed by atoms with E-state index >= 15 is 0 Å². The van der Waals surface area contributed by atoms with Gasteiger partial charge in [-0.2, -0.15) is 0 Å². The fourth-order valence-electron chi connectivity index (χ4n) is 1.54. The Morgan fingerprint density at radius 1 is 1.64 bits per heavy atom. The van der Waals surface area contributed by atoms with Crippen molar-refractivity contribution in [3.63, 3.8) is 0 Å². The SMILES string of the molecule is C[C@@H]1C[C@H](C(=O)O)N(C)C1.Cl. The molecular formula is C7H14ClNO2. The Labute approximate surface area is 72.8 Å². The molecule has 0 unspecified atom stereocenters. The molecule has 0 aromatic carbocycles. The second kappa shape index (κ2) is 3.93. The first-order valence-electron chi connectivity index (χ1n) is 3.54. The van der Waals surface area contributed by atoms with Crippen molar-refractivity contribution in [2.24, 2.45) is 5.92 Å². The number of carboxylic acid groups (broad SMARTS) is 1. The van der Waals surface area contributed by atoms with Crippen LogP contribution in [0.1, 0.15) is 13.3 Å². The van der Waals surface area contributed by atoms with Gasteiger partial charge in [-0.25, -0.2) is 0 Å². The lowest BCUT2D eigenvalue weighted by atomic mass is 10.1. The van der Waals surface area contributed by atoms with Crippen LogP contribution in [0.5, 0.6) is 0 Å². The largest absolute Gasteiger partial charge is 0.480 e. The number of likely N-dealkylation sites (N-methyl/N-ethyl adjacent to an activating group) is 1. The van der Waals surface area contributed by atoms with E-state index in [-0.39, 0.29) is 18.4 Å². The van der Waals surface area contributed by atoms with Gasteiger partial charge < -0.3 is 5.11 Å². The predicted octanol–water partition coefficient (Wildman–Crippen LogP) is 0.833. The van der Waals surface area contributed by atoms with Gasteiger partial charge in [0.2, 0.25) is 0 Å². The summed E-state index contributed by atoms with van der Waals surface area (Å²) in [7, 11) is 1.86. The van der Waals surface area contributed by atoms with Crippen molar-refractivity contribution < 1.29 is 9.90 Å². The van der Waals surface area contributed by atoms with Crippen LogP contribution in [-0.4, -0.2) is 35.6 Å². The fourth-order valence-corrected chi connectivity index (χ4v) is 1.54. The van der Waals surface area contributed by atoms with Gasteiger partial charge in [0.15, 0.2) is 0 Å². The maximum Gasteiger partial charge on any atom is 0.320 e. The molecule has 4 heteroatoms. The van der Waals surface area contributed by atoms with Gasteiger partial charge in [0.25, 0.3) is 0 Å². The number of rotatable bonds is 1. The highest BCUT2D eigenvalue weighted by Gasteiger charge is 2.31. The van der Waals surface area contributed by atoms with Crippen LogP contribution in [0.25, 0.3) is 0 Å². The number of aliphatic carboxylic acids is 1. The summed E-state index contributed by atoms with van der Waals surface area (Å²) < 4.78 is 0. The van der Waals surface area contributed by atoms with Gasteiger partial charge in [-0.3, -0.25) is 9.69 Å². The molecule has 11 heavy (non-hydrogen) atoms. The van der Waals surface area contributed by atoms with Gasteiger partial charge in [0.05, 0.1) is 0 Å². The van der Waals surface area contributed by atoms with E-state index in [1.165, 1.54) is 0 Å². The molecule has 0 spiro atoms. The molecule has 1 aliphatic heterocycles. The van der Waals surface area contributed by atoms with Crippen LogP contribution in [0, 0.1) is 5.92 Å². The van der Waals surface area contributed by atoms with Gasteiger partial charge in [0, 0.05) is 6.54 Å². The predicted molar refractivity (Wildman–Crippen MR) is 45.1 cm³/mol. The van der Waals surface area contributed by atoms with E-state index in [9.17, 15) is 4.79 Å². The van der Waals surface area contributed by atoms with Crippen molar-refractivity contribution in [2.75, 3.05) is 13.6 Å². The van der Waals surface area contributed by atoms with Crippen molar-refractivity contribution in [3.8, 4) is 0 Å². The highest BCUT2D eigenvalue weighted by molar-refractivity contribution is 5.85. The molecule has 3 nitrogen and oxygen atoms in total. The number of hydrogen-bond donors (Lipinski definition) is 1. The van der Waals surface area contributed by atoms with E-state index < -0.39 is 5.97 Å². The van der Waals surface area contributed by atoms with Crippen molar-refractivity contribution in [1.82, 2.24) is 4.90 Å². The minimum absolute atomic E-state index is 0. The first-order valence-corrected chi connectivity index (χ1v) is 3.54. The lowest BCUT2D eigenvalue weighted by Crippen LogP contribution is -2.32. The maximum atomic E-state index is 10.5.